The third-order valence-electron chi connectivity index (χ3n) is 2.77. The van der Waals surface area contributed by atoms with E-state index in [9.17, 15) is 4.79 Å². The SMILES string of the molecule is NC(=S)CCCNC(=O)N1CCCCCC1. The Labute approximate surface area is 103 Å². The summed E-state index contributed by atoms with van der Waals surface area (Å²) >= 11 is 4.77. The summed E-state index contributed by atoms with van der Waals surface area (Å²) in [7, 11) is 0. The summed E-state index contributed by atoms with van der Waals surface area (Å²) in [6, 6.07) is 0.0600. The third kappa shape index (κ3) is 5.30. The topological polar surface area (TPSA) is 58.4 Å². The van der Waals surface area contributed by atoms with Crippen LogP contribution >= 0.6 is 12.2 Å². The molecule has 1 aliphatic rings. The highest BCUT2D eigenvalue weighted by molar-refractivity contribution is 7.80. The molecule has 16 heavy (non-hydrogen) atoms. The van der Waals surface area contributed by atoms with Crippen molar-refractivity contribution in [1.29, 1.82) is 0 Å². The molecule has 1 fully saturated rings. The second-order valence-electron chi connectivity index (χ2n) is 4.20. The number of nitrogens with two attached hydrogens (primary N) is 1. The van der Waals surface area contributed by atoms with Crippen LogP contribution in [0.25, 0.3) is 0 Å². The first-order valence-corrected chi connectivity index (χ1v) is 6.42. The lowest BCUT2D eigenvalue weighted by Gasteiger charge is -2.20. The van der Waals surface area contributed by atoms with E-state index in [2.05, 4.69) is 5.32 Å². The molecule has 3 N–H and O–H groups in total. The molecule has 1 rings (SSSR count). The summed E-state index contributed by atoms with van der Waals surface area (Å²) in [5.74, 6) is 0. The van der Waals surface area contributed by atoms with Crippen LogP contribution in [0.5, 0.6) is 0 Å². The Bertz CT molecular complexity index is 237. The van der Waals surface area contributed by atoms with Crippen LogP contribution in [-0.2, 0) is 0 Å². The second kappa shape index (κ2) is 7.44. The van der Waals surface area contributed by atoms with Gasteiger partial charge in [-0.1, -0.05) is 25.1 Å². The Kier molecular flexibility index (Phi) is 6.15. The highest BCUT2D eigenvalue weighted by Gasteiger charge is 2.14. The lowest BCUT2D eigenvalue weighted by Crippen LogP contribution is -2.40. The van der Waals surface area contributed by atoms with Gasteiger partial charge in [0.15, 0.2) is 0 Å². The first-order chi connectivity index (χ1) is 7.70. The van der Waals surface area contributed by atoms with Crippen LogP contribution in [0.15, 0.2) is 0 Å². The fourth-order valence-electron chi connectivity index (χ4n) is 1.84. The molecule has 0 unspecified atom stereocenters. The van der Waals surface area contributed by atoms with Crippen LogP contribution in [0.3, 0.4) is 0 Å². The standard InChI is InChI=1S/C11H21N3OS/c12-10(16)6-5-7-13-11(15)14-8-3-1-2-4-9-14/h1-9H2,(H2,12,16)(H,13,15). The summed E-state index contributed by atoms with van der Waals surface area (Å²) in [4.78, 5) is 14.2. The Morgan fingerprint density at radius 1 is 1.25 bits per heavy atom. The first-order valence-electron chi connectivity index (χ1n) is 6.01. The Morgan fingerprint density at radius 2 is 1.88 bits per heavy atom. The molecular weight excluding hydrogens is 222 g/mol. The van der Waals surface area contributed by atoms with Crippen molar-refractivity contribution in [1.82, 2.24) is 10.2 Å². The van der Waals surface area contributed by atoms with Gasteiger partial charge in [-0.25, -0.2) is 4.79 Å². The molecule has 0 aromatic heterocycles. The monoisotopic (exact) mass is 243 g/mol. The number of rotatable bonds is 4. The molecule has 0 radical (unpaired) electrons. The van der Waals surface area contributed by atoms with Gasteiger partial charge in [0.25, 0.3) is 0 Å². The van der Waals surface area contributed by atoms with Crippen molar-refractivity contribution in [2.24, 2.45) is 5.73 Å². The van der Waals surface area contributed by atoms with Crippen molar-refractivity contribution in [3.63, 3.8) is 0 Å². The van der Waals surface area contributed by atoms with Crippen molar-refractivity contribution in [2.75, 3.05) is 19.6 Å². The molecule has 0 spiro atoms. The molecule has 1 saturated heterocycles. The molecule has 5 heteroatoms. The van der Waals surface area contributed by atoms with Gasteiger partial charge in [0.2, 0.25) is 0 Å². The minimum atomic E-state index is 0.0600. The summed E-state index contributed by atoms with van der Waals surface area (Å²) in [5, 5.41) is 2.91. The number of hydrogen-bond donors (Lipinski definition) is 2. The van der Waals surface area contributed by atoms with Crippen LogP contribution < -0.4 is 11.1 Å². The number of urea groups is 1. The van der Waals surface area contributed by atoms with Crippen molar-refractivity contribution in [3.05, 3.63) is 0 Å². The third-order valence-corrected chi connectivity index (χ3v) is 2.97. The second-order valence-corrected chi connectivity index (χ2v) is 4.73. The fraction of sp³-hybridized carbons (Fsp3) is 0.818. The molecule has 2 amide bonds. The molecule has 92 valence electrons. The Morgan fingerprint density at radius 3 is 2.44 bits per heavy atom. The molecule has 0 aromatic carbocycles. The van der Waals surface area contributed by atoms with Gasteiger partial charge in [-0.3, -0.25) is 0 Å². The number of carbonyl (C=O) groups is 1. The number of likely N-dealkylation sites (tertiary alicyclic amines) is 1. The van der Waals surface area contributed by atoms with E-state index in [1.165, 1.54) is 12.8 Å². The van der Waals surface area contributed by atoms with Gasteiger partial charge in [0.05, 0.1) is 4.99 Å². The largest absolute Gasteiger partial charge is 0.393 e. The average molecular weight is 243 g/mol. The van der Waals surface area contributed by atoms with E-state index in [-0.39, 0.29) is 6.03 Å². The van der Waals surface area contributed by atoms with Crippen LogP contribution in [-0.4, -0.2) is 35.6 Å². The van der Waals surface area contributed by atoms with Gasteiger partial charge in [0, 0.05) is 19.6 Å². The first kappa shape index (κ1) is 13.2. The van der Waals surface area contributed by atoms with Crippen LogP contribution in [0, 0.1) is 0 Å². The van der Waals surface area contributed by atoms with Gasteiger partial charge in [-0.05, 0) is 25.7 Å². The average Bonchev–Trinajstić information content (AvgIpc) is 2.52. The molecular formula is C11H21N3OS. The van der Waals surface area contributed by atoms with E-state index in [1.54, 1.807) is 0 Å². The molecule has 4 nitrogen and oxygen atoms in total. The predicted molar refractivity (Wildman–Crippen MR) is 69.5 cm³/mol. The fourth-order valence-corrected chi connectivity index (χ4v) is 1.99. The minimum Gasteiger partial charge on any atom is -0.393 e. The lowest BCUT2D eigenvalue weighted by atomic mass is 10.2. The number of amides is 2. The number of carbonyl (C=O) groups excluding carboxylic acids is 1. The summed E-state index contributed by atoms with van der Waals surface area (Å²) < 4.78 is 0. The van der Waals surface area contributed by atoms with Crippen molar-refractivity contribution in [2.45, 2.75) is 38.5 Å². The summed E-state index contributed by atoms with van der Waals surface area (Å²) in [6.45, 7) is 2.44. The van der Waals surface area contributed by atoms with E-state index in [0.29, 0.717) is 18.0 Å². The van der Waals surface area contributed by atoms with Crippen LogP contribution in [0.4, 0.5) is 4.79 Å². The van der Waals surface area contributed by atoms with E-state index in [4.69, 9.17) is 18.0 Å². The van der Waals surface area contributed by atoms with Crippen molar-refractivity contribution in [3.8, 4) is 0 Å². The van der Waals surface area contributed by atoms with Gasteiger partial charge < -0.3 is 16.0 Å². The minimum absolute atomic E-state index is 0.0600. The number of thiocarbonyl (C=S) groups is 1. The zero-order valence-corrected chi connectivity index (χ0v) is 10.5. The highest BCUT2D eigenvalue weighted by atomic mass is 32.1. The maximum atomic E-state index is 11.7. The number of nitrogens with zero attached hydrogens (tertiary/aromatic N) is 1. The molecule has 0 atom stereocenters. The van der Waals surface area contributed by atoms with Crippen molar-refractivity contribution >= 4 is 23.2 Å². The van der Waals surface area contributed by atoms with Crippen LogP contribution in [0.2, 0.25) is 0 Å². The zero-order chi connectivity index (χ0) is 11.8. The summed E-state index contributed by atoms with van der Waals surface area (Å²) in [5.41, 5.74) is 5.38. The maximum Gasteiger partial charge on any atom is 0.317 e. The lowest BCUT2D eigenvalue weighted by molar-refractivity contribution is 0.200. The predicted octanol–water partition coefficient (Wildman–Crippen LogP) is 1.64. The molecule has 0 bridgehead atoms. The van der Waals surface area contributed by atoms with Gasteiger partial charge >= 0.3 is 6.03 Å². The smallest absolute Gasteiger partial charge is 0.317 e. The molecule has 0 saturated carbocycles. The number of nitrogens with one attached hydrogen (secondary N) is 1. The van der Waals surface area contributed by atoms with Crippen LogP contribution in [0.1, 0.15) is 38.5 Å². The Balaban J connectivity index is 2.15. The van der Waals surface area contributed by atoms with E-state index in [1.807, 2.05) is 4.90 Å². The molecule has 1 aliphatic heterocycles. The quantitative estimate of drug-likeness (QED) is 0.583. The zero-order valence-electron chi connectivity index (χ0n) is 9.71. The van der Waals surface area contributed by atoms with Gasteiger partial charge in [0.1, 0.15) is 0 Å². The van der Waals surface area contributed by atoms with E-state index in [0.717, 1.165) is 32.4 Å². The van der Waals surface area contributed by atoms with E-state index < -0.39 is 0 Å². The summed E-state index contributed by atoms with van der Waals surface area (Å²) in [6.07, 6.45) is 6.27. The van der Waals surface area contributed by atoms with E-state index >= 15 is 0 Å². The van der Waals surface area contributed by atoms with Crippen molar-refractivity contribution < 1.29 is 4.79 Å². The maximum absolute atomic E-state index is 11.7. The molecule has 0 aliphatic carbocycles. The Hall–Kier alpha value is -0.840. The number of hydrogen-bond acceptors (Lipinski definition) is 2. The normalized spacial score (nSPS) is 16.6. The highest BCUT2D eigenvalue weighted by Crippen LogP contribution is 2.09. The van der Waals surface area contributed by atoms with Gasteiger partial charge in [-0.2, -0.15) is 0 Å². The molecule has 1 heterocycles. The molecule has 0 aromatic rings. The van der Waals surface area contributed by atoms with Gasteiger partial charge in [-0.15, -0.1) is 0 Å².